The Morgan fingerprint density at radius 2 is 2.42 bits per heavy atom. The Labute approximate surface area is 117 Å². The van der Waals surface area contributed by atoms with E-state index in [-0.39, 0.29) is 17.4 Å². The van der Waals surface area contributed by atoms with Gasteiger partial charge in [-0.3, -0.25) is 4.79 Å². The quantitative estimate of drug-likeness (QED) is 0.870. The lowest BCUT2D eigenvalue weighted by Gasteiger charge is -2.22. The average Bonchev–Trinajstić information content (AvgIpc) is 2.86. The Hall–Kier alpha value is -0.980. The second kappa shape index (κ2) is 5.98. The van der Waals surface area contributed by atoms with E-state index in [1.807, 2.05) is 0 Å². The molecule has 1 aliphatic rings. The molecule has 1 aromatic heterocycles. The van der Waals surface area contributed by atoms with Gasteiger partial charge in [-0.05, 0) is 0 Å². The molecule has 106 valence electrons. The van der Waals surface area contributed by atoms with E-state index in [4.69, 9.17) is 4.74 Å². The molecular formula is C13H21N3O2S. The van der Waals surface area contributed by atoms with Crippen LogP contribution in [0.25, 0.3) is 0 Å². The van der Waals surface area contributed by atoms with Crippen LogP contribution in [-0.4, -0.2) is 36.7 Å². The van der Waals surface area contributed by atoms with Gasteiger partial charge >= 0.3 is 0 Å². The van der Waals surface area contributed by atoms with Crippen LogP contribution in [0.1, 0.15) is 31.5 Å². The molecule has 1 aliphatic heterocycles. The van der Waals surface area contributed by atoms with E-state index in [1.165, 1.54) is 0 Å². The Bertz CT molecular complexity index is 433. The van der Waals surface area contributed by atoms with Crippen molar-refractivity contribution < 1.29 is 9.53 Å². The van der Waals surface area contributed by atoms with Gasteiger partial charge in [0, 0.05) is 23.9 Å². The number of rotatable bonds is 3. The molecule has 1 aromatic rings. The number of thiazole rings is 1. The van der Waals surface area contributed by atoms with Crippen LogP contribution in [0, 0.1) is 0 Å². The predicted octanol–water partition coefficient (Wildman–Crippen LogP) is 1.05. The van der Waals surface area contributed by atoms with Crippen molar-refractivity contribution in [3.8, 4) is 0 Å². The third-order valence-electron chi connectivity index (χ3n) is 2.95. The summed E-state index contributed by atoms with van der Waals surface area (Å²) in [5.74, 6) is -0.0697. The SMILES string of the molecule is CC(C)(C)c1csc(CNC(=O)C2CNCCO2)n1. The molecule has 1 fully saturated rings. The number of nitrogens with zero attached hydrogens (tertiary/aromatic N) is 1. The summed E-state index contributed by atoms with van der Waals surface area (Å²) < 4.78 is 5.40. The van der Waals surface area contributed by atoms with E-state index in [1.54, 1.807) is 11.3 Å². The van der Waals surface area contributed by atoms with E-state index < -0.39 is 0 Å². The summed E-state index contributed by atoms with van der Waals surface area (Å²) in [6.45, 7) is 8.84. The van der Waals surface area contributed by atoms with Crippen molar-refractivity contribution in [1.82, 2.24) is 15.6 Å². The van der Waals surface area contributed by atoms with Gasteiger partial charge < -0.3 is 15.4 Å². The fourth-order valence-corrected chi connectivity index (χ4v) is 2.71. The summed E-state index contributed by atoms with van der Waals surface area (Å²) >= 11 is 1.58. The molecule has 0 spiro atoms. The smallest absolute Gasteiger partial charge is 0.250 e. The van der Waals surface area contributed by atoms with Gasteiger partial charge in [0.1, 0.15) is 11.1 Å². The lowest BCUT2D eigenvalue weighted by Crippen LogP contribution is -2.47. The molecule has 0 bridgehead atoms. The molecule has 1 unspecified atom stereocenters. The predicted molar refractivity (Wildman–Crippen MR) is 75.3 cm³/mol. The number of hydrogen-bond donors (Lipinski definition) is 2. The standard InChI is InChI=1S/C13H21N3O2S/c1-13(2,3)10-8-19-11(16-10)7-15-12(17)9-6-14-4-5-18-9/h8-9,14H,4-7H2,1-3H3,(H,15,17). The Balaban J connectivity index is 1.85. The summed E-state index contributed by atoms with van der Waals surface area (Å²) in [6, 6.07) is 0. The number of carbonyl (C=O) groups excluding carboxylic acids is 1. The van der Waals surface area contributed by atoms with Gasteiger partial charge in [0.2, 0.25) is 0 Å². The van der Waals surface area contributed by atoms with E-state index in [2.05, 4.69) is 41.8 Å². The maximum absolute atomic E-state index is 11.9. The number of carbonyl (C=O) groups is 1. The van der Waals surface area contributed by atoms with E-state index in [0.29, 0.717) is 19.7 Å². The molecule has 0 radical (unpaired) electrons. The lowest BCUT2D eigenvalue weighted by atomic mass is 9.93. The first-order chi connectivity index (χ1) is 8.97. The van der Waals surface area contributed by atoms with Crippen LogP contribution in [0.5, 0.6) is 0 Å². The van der Waals surface area contributed by atoms with Crippen LogP contribution in [0.4, 0.5) is 0 Å². The third-order valence-corrected chi connectivity index (χ3v) is 3.80. The zero-order valence-electron chi connectivity index (χ0n) is 11.7. The molecule has 19 heavy (non-hydrogen) atoms. The number of nitrogens with one attached hydrogen (secondary N) is 2. The highest BCUT2D eigenvalue weighted by Gasteiger charge is 2.22. The first-order valence-electron chi connectivity index (χ1n) is 6.52. The van der Waals surface area contributed by atoms with Crippen molar-refractivity contribution in [3.05, 3.63) is 16.1 Å². The molecular weight excluding hydrogens is 262 g/mol. The van der Waals surface area contributed by atoms with Crippen LogP contribution >= 0.6 is 11.3 Å². The van der Waals surface area contributed by atoms with Crippen molar-refractivity contribution in [1.29, 1.82) is 0 Å². The van der Waals surface area contributed by atoms with Gasteiger partial charge in [0.05, 0.1) is 18.8 Å². The van der Waals surface area contributed by atoms with Crippen molar-refractivity contribution in [2.45, 2.75) is 38.8 Å². The minimum Gasteiger partial charge on any atom is -0.366 e. The highest BCUT2D eigenvalue weighted by atomic mass is 32.1. The van der Waals surface area contributed by atoms with E-state index >= 15 is 0 Å². The monoisotopic (exact) mass is 283 g/mol. The number of amides is 1. The van der Waals surface area contributed by atoms with Crippen molar-refractivity contribution >= 4 is 17.2 Å². The summed E-state index contributed by atoms with van der Waals surface area (Å²) in [7, 11) is 0. The molecule has 0 aromatic carbocycles. The zero-order valence-corrected chi connectivity index (χ0v) is 12.5. The van der Waals surface area contributed by atoms with Crippen LogP contribution < -0.4 is 10.6 Å². The van der Waals surface area contributed by atoms with Crippen molar-refractivity contribution in [3.63, 3.8) is 0 Å². The van der Waals surface area contributed by atoms with Crippen LogP contribution in [-0.2, 0) is 21.5 Å². The van der Waals surface area contributed by atoms with Crippen LogP contribution in [0.2, 0.25) is 0 Å². The summed E-state index contributed by atoms with van der Waals surface area (Å²) in [5.41, 5.74) is 1.12. The minimum atomic E-state index is -0.379. The third kappa shape index (κ3) is 3.99. The Kier molecular flexibility index (Phi) is 4.54. The fraction of sp³-hybridized carbons (Fsp3) is 0.692. The molecule has 2 N–H and O–H groups in total. The molecule has 1 amide bonds. The average molecular weight is 283 g/mol. The zero-order chi connectivity index (χ0) is 13.9. The summed E-state index contributed by atoms with van der Waals surface area (Å²) in [6.07, 6.45) is -0.379. The van der Waals surface area contributed by atoms with Gasteiger partial charge in [-0.1, -0.05) is 20.8 Å². The molecule has 1 saturated heterocycles. The summed E-state index contributed by atoms with van der Waals surface area (Å²) in [5, 5.41) is 9.00. The normalized spacial score (nSPS) is 20.3. The second-order valence-electron chi connectivity index (χ2n) is 5.66. The Morgan fingerprint density at radius 1 is 1.63 bits per heavy atom. The Morgan fingerprint density at radius 3 is 3.00 bits per heavy atom. The molecule has 2 rings (SSSR count). The van der Waals surface area contributed by atoms with Gasteiger partial charge in [-0.2, -0.15) is 0 Å². The highest BCUT2D eigenvalue weighted by Crippen LogP contribution is 2.23. The molecule has 2 heterocycles. The van der Waals surface area contributed by atoms with Crippen molar-refractivity contribution in [2.75, 3.05) is 19.7 Å². The van der Waals surface area contributed by atoms with Crippen molar-refractivity contribution in [2.24, 2.45) is 0 Å². The number of ether oxygens (including phenoxy) is 1. The molecule has 0 saturated carbocycles. The fourth-order valence-electron chi connectivity index (χ4n) is 1.75. The van der Waals surface area contributed by atoms with Crippen LogP contribution in [0.15, 0.2) is 5.38 Å². The first kappa shape index (κ1) is 14.4. The first-order valence-corrected chi connectivity index (χ1v) is 7.40. The van der Waals surface area contributed by atoms with Gasteiger partial charge in [0.25, 0.3) is 5.91 Å². The maximum Gasteiger partial charge on any atom is 0.250 e. The number of hydrogen-bond acceptors (Lipinski definition) is 5. The number of morpholine rings is 1. The molecule has 5 nitrogen and oxygen atoms in total. The minimum absolute atomic E-state index is 0.0508. The topological polar surface area (TPSA) is 63.2 Å². The molecule has 0 aliphatic carbocycles. The maximum atomic E-state index is 11.9. The number of aromatic nitrogens is 1. The van der Waals surface area contributed by atoms with Crippen LogP contribution in [0.3, 0.4) is 0 Å². The molecule has 6 heteroatoms. The van der Waals surface area contributed by atoms with Gasteiger partial charge in [0.15, 0.2) is 0 Å². The van der Waals surface area contributed by atoms with Gasteiger partial charge in [-0.25, -0.2) is 4.98 Å². The second-order valence-corrected chi connectivity index (χ2v) is 6.60. The summed E-state index contributed by atoms with van der Waals surface area (Å²) in [4.78, 5) is 16.4. The molecule has 1 atom stereocenters. The van der Waals surface area contributed by atoms with E-state index in [9.17, 15) is 4.79 Å². The lowest BCUT2D eigenvalue weighted by molar-refractivity contribution is -0.134. The van der Waals surface area contributed by atoms with Gasteiger partial charge in [-0.15, -0.1) is 11.3 Å². The van der Waals surface area contributed by atoms with E-state index in [0.717, 1.165) is 17.2 Å². The highest BCUT2D eigenvalue weighted by molar-refractivity contribution is 7.09. The largest absolute Gasteiger partial charge is 0.366 e.